The molecule has 0 unspecified atom stereocenters. The van der Waals surface area contributed by atoms with Crippen LogP contribution in [0, 0.1) is 13.8 Å². The van der Waals surface area contributed by atoms with E-state index in [2.05, 4.69) is 5.32 Å². The van der Waals surface area contributed by atoms with E-state index in [1.807, 2.05) is 26.0 Å². The molecule has 2 aromatic rings. The maximum atomic E-state index is 12.4. The number of benzene rings is 2. The molecule has 1 N–H and O–H groups in total. The molecule has 0 fully saturated rings. The van der Waals surface area contributed by atoms with Crippen molar-refractivity contribution < 1.29 is 14.3 Å². The first-order valence-corrected chi connectivity index (χ1v) is 7.17. The maximum absolute atomic E-state index is 12.4. The molecule has 0 atom stereocenters. The molecular weight excluding hydrogens is 278 g/mol. The number of carbonyl (C=O) groups is 2. The van der Waals surface area contributed by atoms with Crippen LogP contribution in [0.15, 0.2) is 42.5 Å². The van der Waals surface area contributed by atoms with Gasteiger partial charge in [-0.05, 0) is 56.2 Å². The molecule has 114 valence electrons. The van der Waals surface area contributed by atoms with Gasteiger partial charge >= 0.3 is 5.97 Å². The Kier molecular flexibility index (Phi) is 4.94. The summed E-state index contributed by atoms with van der Waals surface area (Å²) in [5, 5.41) is 2.82. The highest BCUT2D eigenvalue weighted by molar-refractivity contribution is 6.06. The minimum absolute atomic E-state index is 0.192. The third-order valence-electron chi connectivity index (χ3n) is 3.48. The van der Waals surface area contributed by atoms with Crippen molar-refractivity contribution in [3.8, 4) is 0 Å². The normalized spacial score (nSPS) is 10.1. The summed E-state index contributed by atoms with van der Waals surface area (Å²) in [6, 6.07) is 12.3. The van der Waals surface area contributed by atoms with Gasteiger partial charge in [-0.2, -0.15) is 0 Å². The van der Waals surface area contributed by atoms with Crippen molar-refractivity contribution in [1.29, 1.82) is 0 Å². The summed E-state index contributed by atoms with van der Waals surface area (Å²) in [7, 11) is 0. The van der Waals surface area contributed by atoms with E-state index in [0.29, 0.717) is 23.4 Å². The van der Waals surface area contributed by atoms with Crippen molar-refractivity contribution in [3.63, 3.8) is 0 Å². The standard InChI is InChI=1S/C18H19NO3/c1-4-22-18(21)14-8-6-9-15(11-14)19-17(20)16-10-5-7-12(2)13(16)3/h5-11H,4H2,1-3H3,(H,19,20). The number of anilines is 1. The maximum Gasteiger partial charge on any atom is 0.338 e. The van der Waals surface area contributed by atoms with Gasteiger partial charge in [-0.3, -0.25) is 4.79 Å². The monoisotopic (exact) mass is 297 g/mol. The molecule has 0 saturated heterocycles. The lowest BCUT2D eigenvalue weighted by molar-refractivity contribution is 0.0526. The third-order valence-corrected chi connectivity index (χ3v) is 3.48. The predicted molar refractivity (Wildman–Crippen MR) is 86.3 cm³/mol. The van der Waals surface area contributed by atoms with E-state index in [4.69, 9.17) is 4.74 Å². The van der Waals surface area contributed by atoms with E-state index >= 15 is 0 Å². The lowest BCUT2D eigenvalue weighted by Gasteiger charge is -2.10. The zero-order chi connectivity index (χ0) is 16.1. The second-order valence-electron chi connectivity index (χ2n) is 5.00. The number of hydrogen-bond donors (Lipinski definition) is 1. The Morgan fingerprint density at radius 2 is 1.82 bits per heavy atom. The zero-order valence-corrected chi connectivity index (χ0v) is 13.0. The molecule has 2 rings (SSSR count). The molecule has 0 radical (unpaired) electrons. The topological polar surface area (TPSA) is 55.4 Å². The van der Waals surface area contributed by atoms with Crippen molar-refractivity contribution in [3.05, 3.63) is 64.7 Å². The first-order valence-electron chi connectivity index (χ1n) is 7.17. The van der Waals surface area contributed by atoms with E-state index < -0.39 is 5.97 Å². The Morgan fingerprint density at radius 3 is 2.55 bits per heavy atom. The van der Waals surface area contributed by atoms with Crippen LogP contribution in [-0.2, 0) is 4.74 Å². The molecule has 4 heteroatoms. The number of carbonyl (C=O) groups excluding carboxylic acids is 2. The summed E-state index contributed by atoms with van der Waals surface area (Å²) < 4.78 is 4.96. The minimum Gasteiger partial charge on any atom is -0.462 e. The van der Waals surface area contributed by atoms with Gasteiger partial charge < -0.3 is 10.1 Å². The van der Waals surface area contributed by atoms with Crippen LogP contribution in [0.1, 0.15) is 38.8 Å². The molecule has 0 bridgehead atoms. The molecular formula is C18H19NO3. The summed E-state index contributed by atoms with van der Waals surface area (Å²) in [5.74, 6) is -0.590. The number of ether oxygens (including phenoxy) is 1. The van der Waals surface area contributed by atoms with Gasteiger partial charge in [-0.1, -0.05) is 18.2 Å². The van der Waals surface area contributed by atoms with Crippen molar-refractivity contribution >= 4 is 17.6 Å². The van der Waals surface area contributed by atoms with E-state index in [-0.39, 0.29) is 5.91 Å². The third kappa shape index (κ3) is 3.52. The SMILES string of the molecule is CCOC(=O)c1cccc(NC(=O)c2cccc(C)c2C)c1. The molecule has 2 aromatic carbocycles. The van der Waals surface area contributed by atoms with Crippen molar-refractivity contribution in [2.75, 3.05) is 11.9 Å². The fourth-order valence-corrected chi connectivity index (χ4v) is 2.13. The predicted octanol–water partition coefficient (Wildman–Crippen LogP) is 3.73. The molecule has 22 heavy (non-hydrogen) atoms. The van der Waals surface area contributed by atoms with Gasteiger partial charge in [-0.25, -0.2) is 4.79 Å². The average Bonchev–Trinajstić information content (AvgIpc) is 2.50. The fraction of sp³-hybridized carbons (Fsp3) is 0.222. The minimum atomic E-state index is -0.398. The van der Waals surface area contributed by atoms with Crippen molar-refractivity contribution in [1.82, 2.24) is 0 Å². The molecule has 0 saturated carbocycles. The lowest BCUT2D eigenvalue weighted by atomic mass is 10.0. The molecule has 1 amide bonds. The van der Waals surface area contributed by atoms with Gasteiger partial charge in [0.2, 0.25) is 0 Å². The molecule has 4 nitrogen and oxygen atoms in total. The highest BCUT2D eigenvalue weighted by atomic mass is 16.5. The van der Waals surface area contributed by atoms with E-state index in [0.717, 1.165) is 11.1 Å². The highest BCUT2D eigenvalue weighted by Gasteiger charge is 2.12. The van der Waals surface area contributed by atoms with Crippen LogP contribution in [0.2, 0.25) is 0 Å². The summed E-state index contributed by atoms with van der Waals surface area (Å²) in [5.41, 5.74) is 3.62. The van der Waals surface area contributed by atoms with Crippen molar-refractivity contribution in [2.45, 2.75) is 20.8 Å². The smallest absolute Gasteiger partial charge is 0.338 e. The van der Waals surface area contributed by atoms with Gasteiger partial charge in [0, 0.05) is 11.3 Å². The Bertz CT molecular complexity index is 707. The van der Waals surface area contributed by atoms with Gasteiger partial charge in [-0.15, -0.1) is 0 Å². The van der Waals surface area contributed by atoms with Gasteiger partial charge in [0.05, 0.1) is 12.2 Å². The van der Waals surface area contributed by atoms with E-state index in [1.54, 1.807) is 37.3 Å². The first-order chi connectivity index (χ1) is 10.5. The molecule has 0 aromatic heterocycles. The molecule has 0 spiro atoms. The highest BCUT2D eigenvalue weighted by Crippen LogP contribution is 2.17. The summed E-state index contributed by atoms with van der Waals surface area (Å²) in [4.78, 5) is 24.1. The zero-order valence-electron chi connectivity index (χ0n) is 13.0. The Hall–Kier alpha value is -2.62. The summed E-state index contributed by atoms with van der Waals surface area (Å²) in [6.45, 7) is 5.95. The summed E-state index contributed by atoms with van der Waals surface area (Å²) in [6.07, 6.45) is 0. The van der Waals surface area contributed by atoms with E-state index in [9.17, 15) is 9.59 Å². The van der Waals surface area contributed by atoms with Crippen LogP contribution >= 0.6 is 0 Å². The Morgan fingerprint density at radius 1 is 1.09 bits per heavy atom. The quantitative estimate of drug-likeness (QED) is 0.875. The average molecular weight is 297 g/mol. The van der Waals surface area contributed by atoms with Crippen LogP contribution in [0.4, 0.5) is 5.69 Å². The van der Waals surface area contributed by atoms with Crippen molar-refractivity contribution in [2.24, 2.45) is 0 Å². The number of esters is 1. The van der Waals surface area contributed by atoms with Gasteiger partial charge in [0.25, 0.3) is 5.91 Å². The second-order valence-corrected chi connectivity index (χ2v) is 5.00. The van der Waals surface area contributed by atoms with Crippen LogP contribution in [-0.4, -0.2) is 18.5 Å². The van der Waals surface area contributed by atoms with E-state index in [1.165, 1.54) is 0 Å². The first kappa shape index (κ1) is 15.8. The molecule has 0 aliphatic heterocycles. The number of nitrogens with one attached hydrogen (secondary N) is 1. The Balaban J connectivity index is 2.20. The van der Waals surface area contributed by atoms with Gasteiger partial charge in [0.15, 0.2) is 0 Å². The lowest BCUT2D eigenvalue weighted by Crippen LogP contribution is -2.14. The number of hydrogen-bond acceptors (Lipinski definition) is 3. The summed E-state index contributed by atoms with van der Waals surface area (Å²) >= 11 is 0. The molecule has 0 aliphatic rings. The fourth-order valence-electron chi connectivity index (χ4n) is 2.13. The molecule has 0 aliphatic carbocycles. The second kappa shape index (κ2) is 6.89. The van der Waals surface area contributed by atoms with Gasteiger partial charge in [0.1, 0.15) is 0 Å². The van der Waals surface area contributed by atoms with Crippen LogP contribution in [0.25, 0.3) is 0 Å². The number of aryl methyl sites for hydroxylation is 1. The van der Waals surface area contributed by atoms with Crippen LogP contribution < -0.4 is 5.32 Å². The van der Waals surface area contributed by atoms with Crippen LogP contribution in [0.3, 0.4) is 0 Å². The molecule has 0 heterocycles. The van der Waals surface area contributed by atoms with Crippen LogP contribution in [0.5, 0.6) is 0 Å². The number of amides is 1. The number of rotatable bonds is 4. The largest absolute Gasteiger partial charge is 0.462 e. The Labute approximate surface area is 130 Å².